The summed E-state index contributed by atoms with van der Waals surface area (Å²) in [5.74, 6) is 0.502. The third-order valence-corrected chi connectivity index (χ3v) is 3.47. The Morgan fingerprint density at radius 2 is 2.32 bits per heavy atom. The minimum absolute atomic E-state index is 0.220. The summed E-state index contributed by atoms with van der Waals surface area (Å²) in [6.07, 6.45) is 2.84. The average molecular weight is 279 g/mol. The van der Waals surface area contributed by atoms with Crippen LogP contribution in [0.15, 0.2) is 18.2 Å². The number of hydrogen-bond acceptors (Lipinski definition) is 5. The molecule has 1 aromatic rings. The molecule has 1 aliphatic heterocycles. The van der Waals surface area contributed by atoms with Crippen molar-refractivity contribution in [2.45, 2.75) is 25.3 Å². The highest BCUT2D eigenvalue weighted by Gasteiger charge is 2.30. The Balaban J connectivity index is 2.29. The molecule has 5 nitrogen and oxygen atoms in total. The van der Waals surface area contributed by atoms with Gasteiger partial charge in [-0.25, -0.2) is 9.78 Å². The summed E-state index contributed by atoms with van der Waals surface area (Å²) in [7, 11) is 1.41. The lowest BCUT2D eigenvalue weighted by atomic mass is 10.0. The molecule has 1 fully saturated rings. The summed E-state index contributed by atoms with van der Waals surface area (Å²) in [6, 6.07) is 5.21. The maximum Gasteiger partial charge on any atom is 0.328 e. The van der Waals surface area contributed by atoms with Crippen LogP contribution in [-0.4, -0.2) is 35.6 Å². The van der Waals surface area contributed by atoms with Gasteiger partial charge in [-0.05, 0) is 31.4 Å². The number of nitrogens with two attached hydrogens (primary N) is 1. The summed E-state index contributed by atoms with van der Waals surface area (Å²) in [5, 5.41) is 0. The first kappa shape index (κ1) is 13.7. The van der Waals surface area contributed by atoms with Crippen LogP contribution in [0.3, 0.4) is 0 Å². The number of methoxy groups -OCH3 is 1. The first-order valence-electron chi connectivity index (χ1n) is 6.25. The van der Waals surface area contributed by atoms with Crippen molar-refractivity contribution < 1.29 is 9.53 Å². The minimum Gasteiger partial charge on any atom is -0.467 e. The molecule has 6 heteroatoms. The molecule has 0 aliphatic carbocycles. The summed E-state index contributed by atoms with van der Waals surface area (Å²) in [4.78, 5) is 18.5. The van der Waals surface area contributed by atoms with E-state index in [9.17, 15) is 4.79 Å². The largest absolute Gasteiger partial charge is 0.467 e. The van der Waals surface area contributed by atoms with Gasteiger partial charge in [0.25, 0.3) is 0 Å². The molecule has 0 amide bonds. The van der Waals surface area contributed by atoms with Crippen LogP contribution in [0.4, 0.5) is 5.82 Å². The zero-order valence-corrected chi connectivity index (χ0v) is 11.7. The third-order valence-electron chi connectivity index (χ3n) is 3.26. The van der Waals surface area contributed by atoms with Gasteiger partial charge in [-0.15, -0.1) is 0 Å². The molecule has 1 atom stereocenters. The molecular weight excluding hydrogens is 262 g/mol. The molecule has 0 radical (unpaired) electrons. The first-order chi connectivity index (χ1) is 9.13. The fourth-order valence-corrected chi connectivity index (χ4v) is 2.42. The number of piperidine rings is 1. The van der Waals surface area contributed by atoms with Crippen LogP contribution in [0.2, 0.25) is 0 Å². The smallest absolute Gasteiger partial charge is 0.328 e. The van der Waals surface area contributed by atoms with Crippen molar-refractivity contribution in [2.24, 2.45) is 5.73 Å². The van der Waals surface area contributed by atoms with E-state index in [1.54, 1.807) is 6.07 Å². The number of nitrogens with zero attached hydrogens (tertiary/aromatic N) is 2. The van der Waals surface area contributed by atoms with Crippen LogP contribution >= 0.6 is 12.2 Å². The molecule has 19 heavy (non-hydrogen) atoms. The zero-order chi connectivity index (χ0) is 13.8. The summed E-state index contributed by atoms with van der Waals surface area (Å²) < 4.78 is 4.86. The number of esters is 1. The van der Waals surface area contributed by atoms with Gasteiger partial charge in [0, 0.05) is 6.54 Å². The number of pyridine rings is 1. The lowest BCUT2D eigenvalue weighted by Gasteiger charge is -2.34. The summed E-state index contributed by atoms with van der Waals surface area (Å²) >= 11 is 4.93. The van der Waals surface area contributed by atoms with Crippen molar-refractivity contribution in [1.82, 2.24) is 4.98 Å². The van der Waals surface area contributed by atoms with Gasteiger partial charge in [-0.3, -0.25) is 0 Å². The predicted octanol–water partition coefficient (Wildman–Crippen LogP) is 1.25. The maximum absolute atomic E-state index is 11.8. The van der Waals surface area contributed by atoms with Gasteiger partial charge in [0.05, 0.1) is 12.8 Å². The number of carbonyl (C=O) groups excluding carboxylic acids is 1. The van der Waals surface area contributed by atoms with Gasteiger partial charge in [0.2, 0.25) is 0 Å². The summed E-state index contributed by atoms with van der Waals surface area (Å²) in [5.41, 5.74) is 6.16. The standard InChI is InChI=1S/C13H17N3O2S/c1-18-13(17)10-6-2-3-8-16(10)11-7-4-5-9(15-11)12(14)19/h4-5,7,10H,2-3,6,8H2,1H3,(H2,14,19). The molecule has 0 spiro atoms. The molecule has 0 saturated carbocycles. The lowest BCUT2D eigenvalue weighted by molar-refractivity contribution is -0.142. The van der Waals surface area contributed by atoms with E-state index in [1.807, 2.05) is 17.0 Å². The van der Waals surface area contributed by atoms with Crippen molar-refractivity contribution >= 4 is 29.0 Å². The average Bonchev–Trinajstić information content (AvgIpc) is 2.46. The highest BCUT2D eigenvalue weighted by atomic mass is 32.1. The van der Waals surface area contributed by atoms with E-state index in [1.165, 1.54) is 7.11 Å². The van der Waals surface area contributed by atoms with E-state index < -0.39 is 0 Å². The van der Waals surface area contributed by atoms with Crippen LogP contribution < -0.4 is 10.6 Å². The zero-order valence-electron chi connectivity index (χ0n) is 10.8. The summed E-state index contributed by atoms with van der Waals surface area (Å²) in [6.45, 7) is 0.785. The number of rotatable bonds is 3. The van der Waals surface area contributed by atoms with Crippen molar-refractivity contribution in [2.75, 3.05) is 18.6 Å². The van der Waals surface area contributed by atoms with Crippen LogP contribution in [0, 0.1) is 0 Å². The molecule has 2 N–H and O–H groups in total. The van der Waals surface area contributed by atoms with Gasteiger partial charge in [-0.1, -0.05) is 18.3 Å². The Bertz CT molecular complexity index is 493. The highest BCUT2D eigenvalue weighted by molar-refractivity contribution is 7.80. The normalized spacial score (nSPS) is 19.0. The molecule has 2 heterocycles. The predicted molar refractivity (Wildman–Crippen MR) is 77.1 cm³/mol. The molecule has 1 aromatic heterocycles. The van der Waals surface area contributed by atoms with Crippen LogP contribution in [0.25, 0.3) is 0 Å². The molecule has 1 saturated heterocycles. The van der Waals surface area contributed by atoms with E-state index in [0.29, 0.717) is 5.69 Å². The number of thiocarbonyl (C=S) groups is 1. The Morgan fingerprint density at radius 1 is 1.53 bits per heavy atom. The molecule has 1 aliphatic rings. The molecule has 102 valence electrons. The monoisotopic (exact) mass is 279 g/mol. The fourth-order valence-electron chi connectivity index (χ4n) is 2.31. The first-order valence-corrected chi connectivity index (χ1v) is 6.65. The van der Waals surface area contributed by atoms with Crippen molar-refractivity contribution in [3.63, 3.8) is 0 Å². The molecule has 2 rings (SSSR count). The van der Waals surface area contributed by atoms with E-state index >= 15 is 0 Å². The number of anilines is 1. The Labute approximate surface area is 117 Å². The Hall–Kier alpha value is -1.69. The van der Waals surface area contributed by atoms with Gasteiger partial charge < -0.3 is 15.4 Å². The maximum atomic E-state index is 11.8. The van der Waals surface area contributed by atoms with E-state index in [0.717, 1.165) is 31.6 Å². The number of ether oxygens (including phenoxy) is 1. The molecule has 1 unspecified atom stereocenters. The van der Waals surface area contributed by atoms with Crippen molar-refractivity contribution in [3.8, 4) is 0 Å². The Kier molecular flexibility index (Phi) is 4.31. The third kappa shape index (κ3) is 3.01. The second kappa shape index (κ2) is 5.97. The van der Waals surface area contributed by atoms with E-state index in [-0.39, 0.29) is 17.0 Å². The fraction of sp³-hybridized carbons (Fsp3) is 0.462. The van der Waals surface area contributed by atoms with Crippen LogP contribution in [0.5, 0.6) is 0 Å². The van der Waals surface area contributed by atoms with E-state index in [4.69, 9.17) is 22.7 Å². The van der Waals surface area contributed by atoms with Gasteiger partial charge in [0.15, 0.2) is 0 Å². The van der Waals surface area contributed by atoms with Gasteiger partial charge in [-0.2, -0.15) is 0 Å². The SMILES string of the molecule is COC(=O)C1CCCCN1c1cccc(C(N)=S)n1. The second-order valence-electron chi connectivity index (χ2n) is 4.47. The molecular formula is C13H17N3O2S. The highest BCUT2D eigenvalue weighted by Crippen LogP contribution is 2.24. The van der Waals surface area contributed by atoms with Crippen LogP contribution in [0.1, 0.15) is 25.0 Å². The topological polar surface area (TPSA) is 68.5 Å². The number of carbonyl (C=O) groups is 1. The Morgan fingerprint density at radius 3 is 3.00 bits per heavy atom. The number of hydrogen-bond donors (Lipinski definition) is 1. The molecule has 0 aromatic carbocycles. The van der Waals surface area contributed by atoms with E-state index in [2.05, 4.69) is 4.98 Å². The van der Waals surface area contributed by atoms with Crippen molar-refractivity contribution in [3.05, 3.63) is 23.9 Å². The van der Waals surface area contributed by atoms with Gasteiger partial charge >= 0.3 is 5.97 Å². The quantitative estimate of drug-likeness (QED) is 0.663. The van der Waals surface area contributed by atoms with Crippen LogP contribution in [-0.2, 0) is 9.53 Å². The minimum atomic E-state index is -0.271. The second-order valence-corrected chi connectivity index (χ2v) is 4.91. The van der Waals surface area contributed by atoms with Gasteiger partial charge in [0.1, 0.15) is 16.8 Å². The number of aromatic nitrogens is 1. The lowest BCUT2D eigenvalue weighted by Crippen LogP contribution is -2.45. The molecule has 0 bridgehead atoms. The van der Waals surface area contributed by atoms with Crippen molar-refractivity contribution in [1.29, 1.82) is 0 Å².